The number of hydrogen-bond acceptors (Lipinski definition) is 3. The highest BCUT2D eigenvalue weighted by molar-refractivity contribution is 5.62. The fraction of sp³-hybridized carbons (Fsp3) is 0.455. The van der Waals surface area contributed by atoms with Gasteiger partial charge in [-0.25, -0.2) is 0 Å². The highest BCUT2D eigenvalue weighted by Gasteiger charge is 2.16. The molecule has 1 aliphatic rings. The van der Waals surface area contributed by atoms with E-state index in [2.05, 4.69) is 11.8 Å². The third kappa shape index (κ3) is 1.50. The van der Waals surface area contributed by atoms with Gasteiger partial charge in [0.25, 0.3) is 0 Å². The van der Waals surface area contributed by atoms with Crippen molar-refractivity contribution in [1.29, 1.82) is 0 Å². The molecule has 1 heterocycles. The number of hydrogen-bond donors (Lipinski definition) is 0. The van der Waals surface area contributed by atoms with Crippen molar-refractivity contribution in [2.24, 2.45) is 0 Å². The molecule has 1 aromatic rings. The van der Waals surface area contributed by atoms with E-state index in [0.717, 1.165) is 36.9 Å². The predicted octanol–water partition coefficient (Wildman–Crippen LogP) is 1.91. The van der Waals surface area contributed by atoms with Gasteiger partial charge < -0.3 is 14.4 Å². The first-order valence-electron chi connectivity index (χ1n) is 4.91. The summed E-state index contributed by atoms with van der Waals surface area (Å²) in [7, 11) is 1.68. The number of ether oxygens (including phenoxy) is 2. The van der Waals surface area contributed by atoms with Crippen molar-refractivity contribution >= 4 is 5.69 Å². The van der Waals surface area contributed by atoms with E-state index in [4.69, 9.17) is 9.47 Å². The van der Waals surface area contributed by atoms with E-state index in [9.17, 15) is 0 Å². The maximum absolute atomic E-state index is 5.56. The van der Waals surface area contributed by atoms with Crippen LogP contribution in [0, 0.1) is 0 Å². The molecule has 0 aliphatic carbocycles. The quantitative estimate of drug-likeness (QED) is 0.716. The molecule has 0 spiro atoms. The summed E-state index contributed by atoms with van der Waals surface area (Å²) in [4.78, 5) is 2.29. The van der Waals surface area contributed by atoms with E-state index in [-0.39, 0.29) is 0 Å². The van der Waals surface area contributed by atoms with Gasteiger partial charge in [-0.15, -0.1) is 0 Å². The Morgan fingerprint density at radius 3 is 3.07 bits per heavy atom. The standard InChI is InChI=1S/C11H15NO2/c1-3-12-6-7-14-11-5-4-9(13-2)8-10(11)12/h4-5,8H,3,6-7H2,1-2H3. The molecule has 0 saturated carbocycles. The average molecular weight is 193 g/mol. The van der Waals surface area contributed by atoms with Crippen molar-refractivity contribution in [3.05, 3.63) is 18.2 Å². The normalized spacial score (nSPS) is 14.6. The molecule has 0 aromatic heterocycles. The number of methoxy groups -OCH3 is 1. The zero-order valence-corrected chi connectivity index (χ0v) is 8.62. The summed E-state index contributed by atoms with van der Waals surface area (Å²) in [5, 5.41) is 0. The molecule has 0 atom stereocenters. The molecule has 1 aliphatic heterocycles. The highest BCUT2D eigenvalue weighted by Crippen LogP contribution is 2.34. The highest BCUT2D eigenvalue weighted by atomic mass is 16.5. The lowest BCUT2D eigenvalue weighted by molar-refractivity contribution is 0.307. The van der Waals surface area contributed by atoms with Crippen LogP contribution in [0.15, 0.2) is 18.2 Å². The second-order valence-electron chi connectivity index (χ2n) is 3.26. The molecule has 0 bridgehead atoms. The summed E-state index contributed by atoms with van der Waals surface area (Å²) in [6.07, 6.45) is 0. The number of fused-ring (bicyclic) bond motifs is 1. The molecule has 3 heteroatoms. The zero-order chi connectivity index (χ0) is 9.97. The Morgan fingerprint density at radius 2 is 2.36 bits per heavy atom. The lowest BCUT2D eigenvalue weighted by Crippen LogP contribution is -2.32. The summed E-state index contributed by atoms with van der Waals surface area (Å²) >= 11 is 0. The summed E-state index contributed by atoms with van der Waals surface area (Å²) < 4.78 is 10.7. The Labute approximate surface area is 84.2 Å². The first-order chi connectivity index (χ1) is 6.85. The molecule has 0 N–H and O–H groups in total. The third-order valence-electron chi connectivity index (χ3n) is 2.51. The van der Waals surface area contributed by atoms with Crippen LogP contribution in [-0.4, -0.2) is 26.8 Å². The first-order valence-corrected chi connectivity index (χ1v) is 4.91. The van der Waals surface area contributed by atoms with Gasteiger partial charge in [0, 0.05) is 12.6 Å². The van der Waals surface area contributed by atoms with Crippen LogP contribution in [0.4, 0.5) is 5.69 Å². The fourth-order valence-corrected chi connectivity index (χ4v) is 1.71. The van der Waals surface area contributed by atoms with Crippen molar-refractivity contribution in [3.8, 4) is 11.5 Å². The van der Waals surface area contributed by atoms with E-state index in [1.807, 2.05) is 18.2 Å². The van der Waals surface area contributed by atoms with E-state index in [0.29, 0.717) is 0 Å². The number of nitrogens with zero attached hydrogens (tertiary/aromatic N) is 1. The van der Waals surface area contributed by atoms with E-state index >= 15 is 0 Å². The van der Waals surface area contributed by atoms with Crippen LogP contribution in [0.25, 0.3) is 0 Å². The van der Waals surface area contributed by atoms with Gasteiger partial charge in [0.05, 0.1) is 19.3 Å². The van der Waals surface area contributed by atoms with Crippen molar-refractivity contribution in [3.63, 3.8) is 0 Å². The van der Waals surface area contributed by atoms with E-state index < -0.39 is 0 Å². The van der Waals surface area contributed by atoms with E-state index in [1.54, 1.807) is 7.11 Å². The first kappa shape index (κ1) is 9.19. The maximum atomic E-state index is 5.56. The van der Waals surface area contributed by atoms with Gasteiger partial charge in [0.1, 0.15) is 18.1 Å². The minimum atomic E-state index is 0.771. The topological polar surface area (TPSA) is 21.7 Å². The van der Waals surface area contributed by atoms with E-state index in [1.165, 1.54) is 0 Å². The van der Waals surface area contributed by atoms with Crippen LogP contribution in [0.3, 0.4) is 0 Å². The maximum Gasteiger partial charge on any atom is 0.142 e. The summed E-state index contributed by atoms with van der Waals surface area (Å²) in [6.45, 7) is 4.88. The molecule has 0 radical (unpaired) electrons. The number of anilines is 1. The molecular formula is C11H15NO2. The lowest BCUT2D eigenvalue weighted by atomic mass is 10.2. The van der Waals surface area contributed by atoms with Gasteiger partial charge in [-0.1, -0.05) is 0 Å². The minimum Gasteiger partial charge on any atom is -0.497 e. The van der Waals surface area contributed by atoms with Crippen molar-refractivity contribution < 1.29 is 9.47 Å². The smallest absolute Gasteiger partial charge is 0.142 e. The molecule has 0 fully saturated rings. The van der Waals surface area contributed by atoms with Gasteiger partial charge in [-0.05, 0) is 19.1 Å². The number of likely N-dealkylation sites (N-methyl/N-ethyl adjacent to an activating group) is 1. The van der Waals surface area contributed by atoms with Crippen molar-refractivity contribution in [1.82, 2.24) is 0 Å². The average Bonchev–Trinajstić information content (AvgIpc) is 2.27. The monoisotopic (exact) mass is 193 g/mol. The Kier molecular flexibility index (Phi) is 2.48. The number of rotatable bonds is 2. The Bertz CT molecular complexity index is 325. The molecule has 76 valence electrons. The SMILES string of the molecule is CCN1CCOc2ccc(OC)cc21. The molecule has 0 saturated heterocycles. The summed E-state index contributed by atoms with van der Waals surface area (Å²) in [6, 6.07) is 5.92. The van der Waals surface area contributed by atoms with Gasteiger partial charge in [0.15, 0.2) is 0 Å². The Morgan fingerprint density at radius 1 is 1.50 bits per heavy atom. The van der Waals surface area contributed by atoms with Gasteiger partial charge in [-0.3, -0.25) is 0 Å². The van der Waals surface area contributed by atoms with Crippen LogP contribution >= 0.6 is 0 Å². The molecule has 1 aromatic carbocycles. The summed E-state index contributed by atoms with van der Waals surface area (Å²) in [5.74, 6) is 1.84. The van der Waals surface area contributed by atoms with Gasteiger partial charge >= 0.3 is 0 Å². The molecule has 3 nitrogen and oxygen atoms in total. The molecule has 0 amide bonds. The molecule has 14 heavy (non-hydrogen) atoms. The second kappa shape index (κ2) is 3.78. The molecule has 0 unspecified atom stereocenters. The predicted molar refractivity (Wildman–Crippen MR) is 56.4 cm³/mol. The molecular weight excluding hydrogens is 178 g/mol. The van der Waals surface area contributed by atoms with Crippen LogP contribution in [-0.2, 0) is 0 Å². The largest absolute Gasteiger partial charge is 0.497 e. The Balaban J connectivity index is 2.38. The lowest BCUT2D eigenvalue weighted by Gasteiger charge is -2.30. The van der Waals surface area contributed by atoms with Crippen molar-refractivity contribution in [2.75, 3.05) is 31.7 Å². The van der Waals surface area contributed by atoms with Crippen LogP contribution in [0.5, 0.6) is 11.5 Å². The van der Waals surface area contributed by atoms with Gasteiger partial charge in [-0.2, -0.15) is 0 Å². The third-order valence-corrected chi connectivity index (χ3v) is 2.51. The Hall–Kier alpha value is -1.38. The van der Waals surface area contributed by atoms with Crippen LogP contribution in [0.1, 0.15) is 6.92 Å². The second-order valence-corrected chi connectivity index (χ2v) is 3.26. The van der Waals surface area contributed by atoms with Crippen LogP contribution < -0.4 is 14.4 Å². The zero-order valence-electron chi connectivity index (χ0n) is 8.62. The minimum absolute atomic E-state index is 0.771. The van der Waals surface area contributed by atoms with Gasteiger partial charge in [0.2, 0.25) is 0 Å². The number of benzene rings is 1. The van der Waals surface area contributed by atoms with Crippen molar-refractivity contribution in [2.45, 2.75) is 6.92 Å². The molecule has 2 rings (SSSR count). The van der Waals surface area contributed by atoms with Crippen LogP contribution in [0.2, 0.25) is 0 Å². The fourth-order valence-electron chi connectivity index (χ4n) is 1.71. The summed E-state index contributed by atoms with van der Waals surface area (Å²) in [5.41, 5.74) is 1.14.